The minimum absolute atomic E-state index is 0.327. The van der Waals surface area contributed by atoms with Crippen molar-refractivity contribution in [3.63, 3.8) is 0 Å². The quantitative estimate of drug-likeness (QED) is 0.384. The molecule has 1 heterocycles. The molecule has 0 radical (unpaired) electrons. The summed E-state index contributed by atoms with van der Waals surface area (Å²) in [4.78, 5) is 11.4. The first kappa shape index (κ1) is 17.5. The van der Waals surface area contributed by atoms with E-state index in [9.17, 15) is 30.3 Å². The number of Topliss-reactive ketones (excluding diaryl/α,β-unsaturated/α-hetero) is 1. The molecular formula is C13H24O7. The third kappa shape index (κ3) is 3.19. The lowest BCUT2D eigenvalue weighted by Crippen LogP contribution is -2.70. The Morgan fingerprint density at radius 3 is 2.40 bits per heavy atom. The van der Waals surface area contributed by atoms with Crippen molar-refractivity contribution in [3.05, 3.63) is 0 Å². The van der Waals surface area contributed by atoms with E-state index in [2.05, 4.69) is 0 Å². The Bertz CT molecular complexity index is 335. The van der Waals surface area contributed by atoms with Gasteiger partial charge in [-0.05, 0) is 13.3 Å². The van der Waals surface area contributed by atoms with Gasteiger partial charge in [-0.25, -0.2) is 0 Å². The molecule has 0 spiro atoms. The van der Waals surface area contributed by atoms with Gasteiger partial charge in [-0.15, -0.1) is 0 Å². The van der Waals surface area contributed by atoms with Crippen LogP contribution in [0.5, 0.6) is 0 Å². The number of aliphatic hydroxyl groups excluding tert-OH is 4. The van der Waals surface area contributed by atoms with Crippen LogP contribution in [0.1, 0.15) is 39.5 Å². The zero-order valence-corrected chi connectivity index (χ0v) is 11.8. The fraction of sp³-hybridized carbons (Fsp3) is 0.923. The zero-order chi connectivity index (χ0) is 15.5. The third-order valence-corrected chi connectivity index (χ3v) is 3.82. The number of carbonyl (C=O) groups is 1. The number of ketones is 1. The maximum Gasteiger partial charge on any atom is 0.202 e. The molecule has 5 N–H and O–H groups in total. The van der Waals surface area contributed by atoms with Crippen molar-refractivity contribution in [3.8, 4) is 0 Å². The summed E-state index contributed by atoms with van der Waals surface area (Å²) in [6.07, 6.45) is -5.06. The normalized spacial score (nSPS) is 39.5. The van der Waals surface area contributed by atoms with Crippen LogP contribution in [0.15, 0.2) is 0 Å². The average Bonchev–Trinajstić information content (AvgIpc) is 2.40. The maximum atomic E-state index is 11.4. The number of ether oxygens (including phenoxy) is 1. The molecule has 1 rings (SSSR count). The average molecular weight is 292 g/mol. The fourth-order valence-electron chi connectivity index (χ4n) is 2.39. The topological polar surface area (TPSA) is 127 Å². The summed E-state index contributed by atoms with van der Waals surface area (Å²) < 4.78 is 4.96. The van der Waals surface area contributed by atoms with Gasteiger partial charge in [0.1, 0.15) is 18.3 Å². The lowest BCUT2D eigenvalue weighted by Gasteiger charge is -2.46. The Morgan fingerprint density at radius 1 is 1.30 bits per heavy atom. The first-order valence-corrected chi connectivity index (χ1v) is 6.87. The van der Waals surface area contributed by atoms with E-state index in [1.807, 2.05) is 6.92 Å². The Morgan fingerprint density at radius 2 is 1.90 bits per heavy atom. The van der Waals surface area contributed by atoms with Crippen LogP contribution in [-0.2, 0) is 9.53 Å². The summed E-state index contributed by atoms with van der Waals surface area (Å²) in [6, 6.07) is 0. The molecule has 1 aliphatic heterocycles. The molecule has 0 saturated carbocycles. The van der Waals surface area contributed by atoms with E-state index in [-0.39, 0.29) is 0 Å². The van der Waals surface area contributed by atoms with Gasteiger partial charge in [-0.1, -0.05) is 26.2 Å². The first-order valence-electron chi connectivity index (χ1n) is 6.87. The van der Waals surface area contributed by atoms with Crippen molar-refractivity contribution in [2.24, 2.45) is 0 Å². The molecule has 6 atom stereocenters. The highest BCUT2D eigenvalue weighted by Gasteiger charge is 2.58. The Balaban J connectivity index is 2.77. The summed E-state index contributed by atoms with van der Waals surface area (Å²) in [5.41, 5.74) is -2.58. The SMILES string of the molecule is CCCCCC(O)[C@H]1O[C@H](O)[C@](O)(C(C)=O)[C@@H](O)[C@@H]1O. The summed E-state index contributed by atoms with van der Waals surface area (Å²) in [7, 11) is 0. The molecule has 0 aromatic heterocycles. The predicted octanol–water partition coefficient (Wildman–Crippen LogP) is -1.31. The van der Waals surface area contributed by atoms with Crippen molar-refractivity contribution in [2.75, 3.05) is 0 Å². The predicted molar refractivity (Wildman–Crippen MR) is 68.7 cm³/mol. The summed E-state index contributed by atoms with van der Waals surface area (Å²) in [5.74, 6) is -0.921. The van der Waals surface area contributed by atoms with E-state index in [1.165, 1.54) is 0 Å². The fourth-order valence-corrected chi connectivity index (χ4v) is 2.39. The summed E-state index contributed by atoms with van der Waals surface area (Å²) in [5, 5.41) is 49.4. The monoisotopic (exact) mass is 292 g/mol. The van der Waals surface area contributed by atoms with Gasteiger partial charge in [-0.3, -0.25) is 4.79 Å². The number of hydrogen-bond donors (Lipinski definition) is 5. The molecular weight excluding hydrogens is 268 g/mol. The minimum atomic E-state index is -2.58. The van der Waals surface area contributed by atoms with Gasteiger partial charge in [0.2, 0.25) is 5.60 Å². The van der Waals surface area contributed by atoms with Crippen LogP contribution >= 0.6 is 0 Å². The molecule has 0 bridgehead atoms. The molecule has 0 aromatic carbocycles. The number of unbranched alkanes of at least 4 members (excludes halogenated alkanes) is 2. The number of rotatable bonds is 6. The van der Waals surface area contributed by atoms with Crippen LogP contribution in [0.3, 0.4) is 0 Å². The molecule has 7 nitrogen and oxygen atoms in total. The first-order chi connectivity index (χ1) is 9.26. The Kier molecular flexibility index (Phi) is 6.06. The Labute approximate surface area is 117 Å². The summed E-state index contributed by atoms with van der Waals surface area (Å²) >= 11 is 0. The molecule has 1 fully saturated rings. The van der Waals surface area contributed by atoms with Crippen molar-refractivity contribution in [2.45, 2.75) is 75.8 Å². The van der Waals surface area contributed by atoms with Gasteiger partial charge in [0, 0.05) is 0 Å². The van der Waals surface area contributed by atoms with Crippen LogP contribution in [0.2, 0.25) is 0 Å². The van der Waals surface area contributed by atoms with Gasteiger partial charge in [0.05, 0.1) is 6.10 Å². The molecule has 0 aromatic rings. The van der Waals surface area contributed by atoms with E-state index < -0.39 is 42.1 Å². The highest BCUT2D eigenvalue weighted by Crippen LogP contribution is 2.31. The lowest BCUT2D eigenvalue weighted by molar-refractivity contribution is -0.324. The number of hydrogen-bond acceptors (Lipinski definition) is 7. The van der Waals surface area contributed by atoms with E-state index in [0.29, 0.717) is 12.8 Å². The smallest absolute Gasteiger partial charge is 0.202 e. The molecule has 1 saturated heterocycles. The maximum absolute atomic E-state index is 11.4. The van der Waals surface area contributed by atoms with E-state index in [0.717, 1.165) is 19.8 Å². The van der Waals surface area contributed by atoms with E-state index in [4.69, 9.17) is 4.74 Å². The minimum Gasteiger partial charge on any atom is -0.390 e. The molecule has 1 unspecified atom stereocenters. The lowest BCUT2D eigenvalue weighted by atomic mass is 9.82. The van der Waals surface area contributed by atoms with Gasteiger partial charge >= 0.3 is 0 Å². The van der Waals surface area contributed by atoms with Crippen LogP contribution < -0.4 is 0 Å². The van der Waals surface area contributed by atoms with Crippen LogP contribution in [0.25, 0.3) is 0 Å². The third-order valence-electron chi connectivity index (χ3n) is 3.82. The molecule has 0 amide bonds. The largest absolute Gasteiger partial charge is 0.390 e. The molecule has 20 heavy (non-hydrogen) atoms. The molecule has 7 heteroatoms. The van der Waals surface area contributed by atoms with Gasteiger partial charge in [0.25, 0.3) is 0 Å². The number of carbonyl (C=O) groups excluding carboxylic acids is 1. The highest BCUT2D eigenvalue weighted by atomic mass is 16.6. The second-order valence-corrected chi connectivity index (χ2v) is 5.33. The number of aliphatic hydroxyl groups is 5. The van der Waals surface area contributed by atoms with Gasteiger partial charge in [0.15, 0.2) is 12.1 Å². The van der Waals surface area contributed by atoms with Crippen LogP contribution in [0, 0.1) is 0 Å². The van der Waals surface area contributed by atoms with Gasteiger partial charge in [-0.2, -0.15) is 0 Å². The van der Waals surface area contributed by atoms with Crippen molar-refractivity contribution >= 4 is 5.78 Å². The molecule has 0 aliphatic carbocycles. The Hall–Kier alpha value is -0.570. The summed E-state index contributed by atoms with van der Waals surface area (Å²) in [6.45, 7) is 2.97. The van der Waals surface area contributed by atoms with E-state index in [1.54, 1.807) is 0 Å². The van der Waals surface area contributed by atoms with Crippen molar-refractivity contribution in [1.82, 2.24) is 0 Å². The van der Waals surface area contributed by atoms with Gasteiger partial charge < -0.3 is 30.3 Å². The second kappa shape index (κ2) is 6.93. The van der Waals surface area contributed by atoms with Crippen LogP contribution in [-0.4, -0.2) is 67.6 Å². The van der Waals surface area contributed by atoms with Crippen molar-refractivity contribution < 1.29 is 35.1 Å². The standard InChI is InChI=1S/C13H24O7/c1-3-4-5-6-8(15)10-9(16)11(17)13(19,7(2)14)12(18)20-10/h8-12,15-19H,3-6H2,1-2H3/t8?,9-,10-,11+,12+,13+/m1/s1. The van der Waals surface area contributed by atoms with Crippen molar-refractivity contribution in [1.29, 1.82) is 0 Å². The van der Waals surface area contributed by atoms with Crippen LogP contribution in [0.4, 0.5) is 0 Å². The zero-order valence-electron chi connectivity index (χ0n) is 11.8. The molecule has 118 valence electrons. The van der Waals surface area contributed by atoms with E-state index >= 15 is 0 Å². The molecule has 1 aliphatic rings. The second-order valence-electron chi connectivity index (χ2n) is 5.33. The highest BCUT2D eigenvalue weighted by molar-refractivity contribution is 5.86.